The molecule has 4 aromatic heterocycles. The molecule has 10 nitrogen and oxygen atoms in total. The number of carbonyl (C=O) groups is 1. The second-order valence-corrected chi connectivity index (χ2v) is 18.3. The first-order valence-corrected chi connectivity index (χ1v) is 18.6. The molecule has 1 aliphatic rings. The number of aromatic nitrogens is 7. The minimum Gasteiger partial charge on any atom is -0.480 e. The highest BCUT2D eigenvalue weighted by molar-refractivity contribution is 6.76. The maximum atomic E-state index is 14.0. The maximum Gasteiger partial charge on any atom is 0.434 e. The van der Waals surface area contributed by atoms with Crippen LogP contribution in [0.15, 0.2) is 49.2 Å². The smallest absolute Gasteiger partial charge is 0.434 e. The molecule has 0 radical (unpaired) electrons. The normalized spacial score (nSPS) is 13.8. The Bertz CT molecular complexity index is 1910. The number of ketones is 1. The van der Waals surface area contributed by atoms with E-state index in [1.54, 1.807) is 36.7 Å². The summed E-state index contributed by atoms with van der Waals surface area (Å²) in [6.45, 7) is 7.63. The predicted molar refractivity (Wildman–Crippen MR) is 168 cm³/mol. The quantitative estimate of drug-likeness (QED) is 0.0880. The first kappa shape index (κ1) is 31.5. The summed E-state index contributed by atoms with van der Waals surface area (Å²) in [5.74, 6) is 0.805. The lowest BCUT2D eigenvalue weighted by Gasteiger charge is -2.15. The van der Waals surface area contributed by atoms with E-state index in [0.717, 1.165) is 30.8 Å². The van der Waals surface area contributed by atoms with E-state index < -0.39 is 19.9 Å². The Morgan fingerprint density at radius 2 is 1.78 bits per heavy atom. The van der Waals surface area contributed by atoms with E-state index in [1.165, 1.54) is 25.1 Å². The number of hydrogen-bond donors (Lipinski definition) is 0. The van der Waals surface area contributed by atoms with Gasteiger partial charge in [-0.05, 0) is 18.9 Å². The lowest BCUT2D eigenvalue weighted by Crippen LogP contribution is -2.22. The molecular formula is C32H34F3N7O3Si. The van der Waals surface area contributed by atoms with Crippen LogP contribution >= 0.6 is 0 Å². The molecule has 46 heavy (non-hydrogen) atoms. The summed E-state index contributed by atoms with van der Waals surface area (Å²) in [6, 6.07) is 7.32. The Kier molecular flexibility index (Phi) is 8.27. The van der Waals surface area contributed by atoms with E-state index in [1.807, 2.05) is 4.57 Å². The second kappa shape index (κ2) is 12.1. The van der Waals surface area contributed by atoms with E-state index in [2.05, 4.69) is 39.6 Å². The number of hydrogen-bond acceptors (Lipinski definition) is 8. The third kappa shape index (κ3) is 6.44. The van der Waals surface area contributed by atoms with Crippen LogP contribution in [0.5, 0.6) is 5.88 Å². The first-order chi connectivity index (χ1) is 21.8. The molecule has 0 bridgehead atoms. The highest BCUT2D eigenvalue weighted by Gasteiger charge is 2.35. The van der Waals surface area contributed by atoms with Crippen molar-refractivity contribution in [3.8, 4) is 28.7 Å². The van der Waals surface area contributed by atoms with Gasteiger partial charge in [0.15, 0.2) is 17.3 Å². The Balaban J connectivity index is 1.38. The van der Waals surface area contributed by atoms with Crippen molar-refractivity contribution < 1.29 is 27.4 Å². The van der Waals surface area contributed by atoms with Crippen molar-refractivity contribution in [1.29, 1.82) is 0 Å². The van der Waals surface area contributed by atoms with Gasteiger partial charge in [-0.1, -0.05) is 43.9 Å². The zero-order valence-corrected chi connectivity index (χ0v) is 27.2. The average molecular weight is 650 g/mol. The summed E-state index contributed by atoms with van der Waals surface area (Å²) in [6.07, 6.45) is 3.22. The van der Waals surface area contributed by atoms with Crippen molar-refractivity contribution in [1.82, 2.24) is 34.1 Å². The van der Waals surface area contributed by atoms with E-state index >= 15 is 0 Å². The van der Waals surface area contributed by atoms with Gasteiger partial charge in [-0.2, -0.15) is 13.2 Å². The summed E-state index contributed by atoms with van der Waals surface area (Å²) in [5, 5.41) is 0. The van der Waals surface area contributed by atoms with Gasteiger partial charge in [0.2, 0.25) is 5.88 Å². The van der Waals surface area contributed by atoms with Crippen LogP contribution in [0.3, 0.4) is 0 Å². The van der Waals surface area contributed by atoms with Crippen LogP contribution in [0.1, 0.15) is 46.1 Å². The Hall–Kier alpha value is -4.43. The fourth-order valence-electron chi connectivity index (χ4n) is 5.22. The molecular weight excluding hydrogens is 615 g/mol. The van der Waals surface area contributed by atoms with Crippen LogP contribution in [-0.4, -0.2) is 61.6 Å². The molecule has 0 saturated heterocycles. The van der Waals surface area contributed by atoms with Gasteiger partial charge in [-0.3, -0.25) is 4.79 Å². The van der Waals surface area contributed by atoms with Gasteiger partial charge in [0.05, 0.1) is 30.1 Å². The molecule has 6 rings (SSSR count). The van der Waals surface area contributed by atoms with Crippen LogP contribution in [0.25, 0.3) is 33.8 Å². The SMILES string of the molecule is COc1ncnc(C2CC2)c1-c1ncc2c(n1)c(C(=O)c1ccc(-c3nc(C(F)(F)F)cn3C)cc1)cn2COCC[Si](C)(C)C. The van der Waals surface area contributed by atoms with Gasteiger partial charge in [0.1, 0.15) is 30.0 Å². The molecule has 0 spiro atoms. The molecule has 0 amide bonds. The largest absolute Gasteiger partial charge is 0.480 e. The van der Waals surface area contributed by atoms with Crippen LogP contribution in [0.2, 0.25) is 25.7 Å². The number of ether oxygens (including phenoxy) is 2. The van der Waals surface area contributed by atoms with Crippen LogP contribution in [0, 0.1) is 0 Å². The van der Waals surface area contributed by atoms with Crippen LogP contribution in [-0.2, 0) is 24.7 Å². The van der Waals surface area contributed by atoms with E-state index in [9.17, 15) is 18.0 Å². The monoisotopic (exact) mass is 649 g/mol. The number of halogens is 3. The van der Waals surface area contributed by atoms with Gasteiger partial charge in [-0.25, -0.2) is 24.9 Å². The van der Waals surface area contributed by atoms with Crippen molar-refractivity contribution in [3.63, 3.8) is 0 Å². The number of alkyl halides is 3. The third-order valence-corrected chi connectivity index (χ3v) is 9.59. The maximum absolute atomic E-state index is 14.0. The zero-order valence-electron chi connectivity index (χ0n) is 26.2. The summed E-state index contributed by atoms with van der Waals surface area (Å²) < 4.78 is 54.4. The molecule has 5 aromatic rings. The zero-order chi connectivity index (χ0) is 32.8. The molecule has 4 heterocycles. The lowest BCUT2D eigenvalue weighted by molar-refractivity contribution is -0.140. The predicted octanol–water partition coefficient (Wildman–Crippen LogP) is 6.74. The Morgan fingerprint density at radius 1 is 1.04 bits per heavy atom. The fourth-order valence-corrected chi connectivity index (χ4v) is 5.97. The van der Waals surface area contributed by atoms with E-state index in [0.29, 0.717) is 51.6 Å². The molecule has 1 saturated carbocycles. The third-order valence-electron chi connectivity index (χ3n) is 7.89. The molecule has 14 heteroatoms. The summed E-state index contributed by atoms with van der Waals surface area (Å²) in [5.41, 5.74) is 2.60. The molecule has 1 fully saturated rings. The molecule has 0 N–H and O–H groups in total. The molecule has 0 atom stereocenters. The highest BCUT2D eigenvalue weighted by atomic mass is 28.3. The molecule has 1 aromatic carbocycles. The fraction of sp³-hybridized carbons (Fsp3) is 0.375. The van der Waals surface area contributed by atoms with Crippen molar-refractivity contribution >= 4 is 24.9 Å². The molecule has 1 aliphatic carbocycles. The summed E-state index contributed by atoms with van der Waals surface area (Å²) in [4.78, 5) is 36.1. The van der Waals surface area contributed by atoms with Gasteiger partial charge < -0.3 is 18.6 Å². The van der Waals surface area contributed by atoms with Gasteiger partial charge in [-0.15, -0.1) is 0 Å². The van der Waals surface area contributed by atoms with Gasteiger partial charge >= 0.3 is 6.18 Å². The van der Waals surface area contributed by atoms with Gasteiger partial charge in [0, 0.05) is 51.2 Å². The molecule has 0 unspecified atom stereocenters. The first-order valence-electron chi connectivity index (χ1n) is 14.9. The van der Waals surface area contributed by atoms with E-state index in [4.69, 9.17) is 14.5 Å². The number of carbonyl (C=O) groups excluding carboxylic acids is 1. The van der Waals surface area contributed by atoms with E-state index in [-0.39, 0.29) is 24.3 Å². The topological polar surface area (TPSA) is 110 Å². The van der Waals surface area contributed by atoms with Crippen molar-refractivity contribution in [3.05, 3.63) is 71.7 Å². The van der Waals surface area contributed by atoms with Crippen molar-refractivity contribution in [2.45, 2.75) is 57.4 Å². The van der Waals surface area contributed by atoms with Crippen molar-refractivity contribution in [2.24, 2.45) is 7.05 Å². The van der Waals surface area contributed by atoms with Crippen molar-refractivity contribution in [2.75, 3.05) is 13.7 Å². The minimum atomic E-state index is -4.56. The Morgan fingerprint density at radius 3 is 2.41 bits per heavy atom. The summed E-state index contributed by atoms with van der Waals surface area (Å²) in [7, 11) is 1.72. The van der Waals surface area contributed by atoms with Crippen LogP contribution in [0.4, 0.5) is 13.2 Å². The number of methoxy groups -OCH3 is 1. The number of benzene rings is 1. The summed E-state index contributed by atoms with van der Waals surface area (Å²) >= 11 is 0. The molecule has 240 valence electrons. The van der Waals surface area contributed by atoms with Crippen LogP contribution < -0.4 is 4.74 Å². The number of fused-ring (bicyclic) bond motifs is 1. The second-order valence-electron chi connectivity index (χ2n) is 12.7. The standard InChI is InChI=1S/C32H34F3N7O3Si/c1-41-16-24(32(33,34)35)39-30(41)21-10-8-20(9-11-21)28(43)22-15-42(18-45-12-13-46(3,4)5)23-14-36-29(40-27(22)23)25-26(19-6-7-19)37-17-38-31(25)44-2/h8-11,14-17,19H,6-7,12-13,18H2,1-5H3. The lowest BCUT2D eigenvalue weighted by atomic mass is 10.0. The number of imidazole rings is 1. The Labute approximate surface area is 264 Å². The highest BCUT2D eigenvalue weighted by Crippen LogP contribution is 2.45. The minimum absolute atomic E-state index is 0.140. The number of rotatable bonds is 11. The number of aryl methyl sites for hydroxylation is 1. The number of nitrogens with zero attached hydrogens (tertiary/aromatic N) is 7. The molecule has 0 aliphatic heterocycles. The average Bonchev–Trinajstić information content (AvgIpc) is 3.69. The van der Waals surface area contributed by atoms with Gasteiger partial charge in [0.25, 0.3) is 0 Å².